The van der Waals surface area contributed by atoms with Crippen LogP contribution in [0.15, 0.2) is 23.1 Å². The van der Waals surface area contributed by atoms with Gasteiger partial charge in [0.25, 0.3) is 0 Å². The van der Waals surface area contributed by atoms with E-state index in [1.807, 2.05) is 19.9 Å². The van der Waals surface area contributed by atoms with E-state index in [4.69, 9.17) is 9.15 Å². The molecule has 4 aromatic rings. The number of nitrogens with zero attached hydrogens (tertiary/aromatic N) is 4. The molecule has 0 fully saturated rings. The molecule has 4 aromatic heterocycles. The van der Waals surface area contributed by atoms with E-state index >= 15 is 0 Å². The van der Waals surface area contributed by atoms with Gasteiger partial charge in [0.2, 0.25) is 0 Å². The van der Waals surface area contributed by atoms with E-state index in [0.29, 0.717) is 16.3 Å². The summed E-state index contributed by atoms with van der Waals surface area (Å²) in [6.07, 6.45) is 3.20. The molecular formula is C15H12N4O3S. The van der Waals surface area contributed by atoms with E-state index in [-0.39, 0.29) is 5.97 Å². The van der Waals surface area contributed by atoms with Gasteiger partial charge < -0.3 is 9.15 Å². The van der Waals surface area contributed by atoms with E-state index in [1.165, 1.54) is 18.4 Å². The Morgan fingerprint density at radius 3 is 2.91 bits per heavy atom. The molecule has 0 N–H and O–H groups in total. The monoisotopic (exact) mass is 328 g/mol. The third kappa shape index (κ3) is 1.95. The summed E-state index contributed by atoms with van der Waals surface area (Å²) in [5, 5.41) is 5.27. The first kappa shape index (κ1) is 13.9. The molecule has 0 amide bonds. The standard InChI is InChI=1S/C15H12N4O3S/c1-7-10-13-17-12(9-4-5-22-8(9)2)18-19(13)6-16-14(10)23-11(7)15(20)21-3/h4-6H,1-3H3. The largest absolute Gasteiger partial charge is 0.469 e. The van der Waals surface area contributed by atoms with Crippen LogP contribution in [0.2, 0.25) is 0 Å². The third-order valence-corrected chi connectivity index (χ3v) is 4.92. The highest BCUT2D eigenvalue weighted by Crippen LogP contribution is 2.33. The zero-order valence-electron chi connectivity index (χ0n) is 12.7. The summed E-state index contributed by atoms with van der Waals surface area (Å²) < 4.78 is 11.8. The van der Waals surface area contributed by atoms with Gasteiger partial charge in [0.05, 0.1) is 24.3 Å². The van der Waals surface area contributed by atoms with Crippen LogP contribution in [-0.4, -0.2) is 32.7 Å². The number of aromatic nitrogens is 4. The molecule has 4 heterocycles. The highest BCUT2D eigenvalue weighted by molar-refractivity contribution is 7.20. The Bertz CT molecular complexity index is 1060. The summed E-state index contributed by atoms with van der Waals surface area (Å²) in [6, 6.07) is 1.83. The minimum atomic E-state index is -0.367. The van der Waals surface area contributed by atoms with Crippen LogP contribution < -0.4 is 0 Å². The van der Waals surface area contributed by atoms with Gasteiger partial charge in [-0.3, -0.25) is 0 Å². The van der Waals surface area contributed by atoms with Crippen molar-refractivity contribution in [2.45, 2.75) is 13.8 Å². The van der Waals surface area contributed by atoms with E-state index < -0.39 is 0 Å². The molecule has 7 nitrogen and oxygen atoms in total. The fourth-order valence-corrected chi connectivity index (χ4v) is 3.61. The second kappa shape index (κ2) is 4.88. The number of aryl methyl sites for hydroxylation is 2. The van der Waals surface area contributed by atoms with Gasteiger partial charge in [-0.25, -0.2) is 19.3 Å². The number of thiophene rings is 1. The zero-order chi connectivity index (χ0) is 16.1. The maximum Gasteiger partial charge on any atom is 0.348 e. The number of carbonyl (C=O) groups is 1. The molecule has 4 rings (SSSR count). The van der Waals surface area contributed by atoms with Crippen LogP contribution in [0.1, 0.15) is 21.0 Å². The fraction of sp³-hybridized carbons (Fsp3) is 0.200. The molecule has 0 aliphatic rings. The topological polar surface area (TPSA) is 82.5 Å². The van der Waals surface area contributed by atoms with Crippen molar-refractivity contribution in [1.29, 1.82) is 0 Å². The highest BCUT2D eigenvalue weighted by atomic mass is 32.1. The molecule has 8 heteroatoms. The average Bonchev–Trinajstić information content (AvgIpc) is 3.22. The lowest BCUT2D eigenvalue weighted by atomic mass is 10.2. The predicted octanol–water partition coefficient (Wildman–Crippen LogP) is 3.00. The quantitative estimate of drug-likeness (QED) is 0.526. The minimum absolute atomic E-state index is 0.367. The number of esters is 1. The summed E-state index contributed by atoms with van der Waals surface area (Å²) >= 11 is 1.30. The summed E-state index contributed by atoms with van der Waals surface area (Å²) in [4.78, 5) is 22.1. The van der Waals surface area contributed by atoms with Crippen LogP contribution in [0.4, 0.5) is 0 Å². The third-order valence-electron chi connectivity index (χ3n) is 3.74. The number of carbonyl (C=O) groups excluding carboxylic acids is 1. The lowest BCUT2D eigenvalue weighted by Crippen LogP contribution is -1.99. The maximum absolute atomic E-state index is 11.9. The number of fused-ring (bicyclic) bond motifs is 3. The van der Waals surface area contributed by atoms with Gasteiger partial charge in [0.1, 0.15) is 21.8 Å². The molecule has 0 spiro atoms. The van der Waals surface area contributed by atoms with Crippen LogP contribution in [0, 0.1) is 13.8 Å². The Morgan fingerprint density at radius 2 is 2.22 bits per heavy atom. The number of methoxy groups -OCH3 is 1. The predicted molar refractivity (Wildman–Crippen MR) is 84.7 cm³/mol. The molecule has 0 radical (unpaired) electrons. The average molecular weight is 328 g/mol. The molecule has 0 saturated heterocycles. The van der Waals surface area contributed by atoms with Crippen molar-refractivity contribution in [3.63, 3.8) is 0 Å². The van der Waals surface area contributed by atoms with E-state index in [1.54, 1.807) is 17.1 Å². The van der Waals surface area contributed by atoms with Crippen LogP contribution in [-0.2, 0) is 4.74 Å². The number of rotatable bonds is 2. The molecule has 0 aliphatic heterocycles. The van der Waals surface area contributed by atoms with Crippen molar-refractivity contribution >= 4 is 33.2 Å². The zero-order valence-corrected chi connectivity index (χ0v) is 13.5. The van der Waals surface area contributed by atoms with Gasteiger partial charge in [-0.15, -0.1) is 16.4 Å². The second-order valence-corrected chi connectivity index (χ2v) is 6.07. The summed E-state index contributed by atoms with van der Waals surface area (Å²) in [5.41, 5.74) is 2.30. The van der Waals surface area contributed by atoms with Gasteiger partial charge in [0.15, 0.2) is 11.5 Å². The molecule has 0 unspecified atom stereocenters. The molecule has 116 valence electrons. The molecular weight excluding hydrogens is 316 g/mol. The molecule has 0 atom stereocenters. The van der Waals surface area contributed by atoms with E-state index in [9.17, 15) is 4.79 Å². The first-order chi connectivity index (χ1) is 11.1. The van der Waals surface area contributed by atoms with Gasteiger partial charge in [0, 0.05) is 0 Å². The van der Waals surface area contributed by atoms with E-state index in [2.05, 4.69) is 15.1 Å². The SMILES string of the molecule is COC(=O)c1sc2ncn3nc(-c4ccoc4C)nc3c2c1C. The van der Waals surface area contributed by atoms with Crippen molar-refractivity contribution in [3.8, 4) is 11.4 Å². The number of hydrogen-bond donors (Lipinski definition) is 0. The van der Waals surface area contributed by atoms with Crippen molar-refractivity contribution in [3.05, 3.63) is 34.9 Å². The number of ether oxygens (including phenoxy) is 1. The molecule has 23 heavy (non-hydrogen) atoms. The Labute approximate surface area is 134 Å². The van der Waals surface area contributed by atoms with Gasteiger partial charge in [-0.2, -0.15) is 0 Å². The normalized spacial score (nSPS) is 11.4. The van der Waals surface area contributed by atoms with Crippen LogP contribution in [0.25, 0.3) is 27.3 Å². The Balaban J connectivity index is 2.01. The van der Waals surface area contributed by atoms with Crippen molar-refractivity contribution in [1.82, 2.24) is 19.6 Å². The van der Waals surface area contributed by atoms with Crippen molar-refractivity contribution in [2.24, 2.45) is 0 Å². The summed E-state index contributed by atoms with van der Waals surface area (Å²) in [6.45, 7) is 3.73. The van der Waals surface area contributed by atoms with Gasteiger partial charge >= 0.3 is 5.97 Å². The Morgan fingerprint density at radius 1 is 1.39 bits per heavy atom. The van der Waals surface area contributed by atoms with Gasteiger partial charge in [-0.1, -0.05) is 0 Å². The van der Waals surface area contributed by atoms with E-state index in [0.717, 1.165) is 27.1 Å². The molecule has 0 bridgehead atoms. The van der Waals surface area contributed by atoms with Crippen molar-refractivity contribution in [2.75, 3.05) is 7.11 Å². The summed E-state index contributed by atoms with van der Waals surface area (Å²) in [5.74, 6) is 0.951. The number of furan rings is 1. The molecule has 0 saturated carbocycles. The summed E-state index contributed by atoms with van der Waals surface area (Å²) in [7, 11) is 1.37. The van der Waals surface area contributed by atoms with Crippen LogP contribution in [0.3, 0.4) is 0 Å². The Hall–Kier alpha value is -2.74. The first-order valence-electron chi connectivity index (χ1n) is 6.87. The lowest BCUT2D eigenvalue weighted by Gasteiger charge is -1.96. The highest BCUT2D eigenvalue weighted by Gasteiger charge is 2.21. The smallest absolute Gasteiger partial charge is 0.348 e. The Kier molecular flexibility index (Phi) is 2.95. The molecule has 0 aromatic carbocycles. The second-order valence-electron chi connectivity index (χ2n) is 5.07. The first-order valence-corrected chi connectivity index (χ1v) is 7.69. The number of hydrogen-bond acceptors (Lipinski definition) is 7. The maximum atomic E-state index is 11.9. The lowest BCUT2D eigenvalue weighted by molar-refractivity contribution is 0.0605. The fourth-order valence-electron chi connectivity index (χ4n) is 2.55. The van der Waals surface area contributed by atoms with Crippen LogP contribution in [0.5, 0.6) is 0 Å². The van der Waals surface area contributed by atoms with Crippen LogP contribution >= 0.6 is 11.3 Å². The van der Waals surface area contributed by atoms with Crippen molar-refractivity contribution < 1.29 is 13.9 Å². The molecule has 0 aliphatic carbocycles. The minimum Gasteiger partial charge on any atom is -0.469 e. The van der Waals surface area contributed by atoms with Gasteiger partial charge in [-0.05, 0) is 25.5 Å².